The second kappa shape index (κ2) is 2.66. The summed E-state index contributed by atoms with van der Waals surface area (Å²) in [5.74, 6) is -1.60. The van der Waals surface area contributed by atoms with Gasteiger partial charge in [0.25, 0.3) is 11.8 Å². The van der Waals surface area contributed by atoms with E-state index < -0.39 is 17.8 Å². The Hall–Kier alpha value is -2.17. The van der Waals surface area contributed by atoms with E-state index in [1.165, 1.54) is 0 Å². The van der Waals surface area contributed by atoms with Crippen LogP contribution in [-0.4, -0.2) is 22.7 Å². The van der Waals surface area contributed by atoms with E-state index in [9.17, 15) is 9.59 Å². The summed E-state index contributed by atoms with van der Waals surface area (Å²) in [6, 6.07) is 6.40. The van der Waals surface area contributed by atoms with E-state index in [4.69, 9.17) is 11.1 Å². The Bertz CT molecular complexity index is 418. The van der Waals surface area contributed by atoms with Gasteiger partial charge in [0.15, 0.2) is 0 Å². The van der Waals surface area contributed by atoms with E-state index in [2.05, 4.69) is 0 Å². The van der Waals surface area contributed by atoms with Crippen LogP contribution in [0.3, 0.4) is 0 Å². The number of amides is 2. The average molecular weight is 189 g/mol. The van der Waals surface area contributed by atoms with Gasteiger partial charge in [-0.1, -0.05) is 12.1 Å². The fraction of sp³-hybridized carbons (Fsp3) is 0. The van der Waals surface area contributed by atoms with Gasteiger partial charge in [-0.15, -0.1) is 0 Å². The van der Waals surface area contributed by atoms with Crippen molar-refractivity contribution in [2.75, 3.05) is 0 Å². The molecule has 3 N–H and O–H groups in total. The minimum absolute atomic E-state index is 0.299. The Morgan fingerprint density at radius 2 is 1.57 bits per heavy atom. The van der Waals surface area contributed by atoms with Crippen molar-refractivity contribution < 1.29 is 9.59 Å². The molecule has 70 valence electrons. The standard InChI is InChI=1S/C9H7N3O2/c10-9(11)12-7(13)5-3-1-2-4-6(5)8(12)14/h1-4H,(H3,10,11). The molecular formula is C9H7N3O2. The molecule has 0 bridgehead atoms. The summed E-state index contributed by atoms with van der Waals surface area (Å²) in [5.41, 5.74) is 5.72. The molecule has 1 aliphatic rings. The Morgan fingerprint density at radius 1 is 1.14 bits per heavy atom. The Balaban J connectivity index is 2.59. The predicted molar refractivity (Wildman–Crippen MR) is 48.9 cm³/mol. The van der Waals surface area contributed by atoms with Gasteiger partial charge in [0.2, 0.25) is 5.96 Å². The molecule has 0 radical (unpaired) electrons. The number of fused-ring (bicyclic) bond motifs is 1. The van der Waals surface area contributed by atoms with Crippen molar-refractivity contribution in [3.63, 3.8) is 0 Å². The number of rotatable bonds is 0. The van der Waals surface area contributed by atoms with Gasteiger partial charge in [-0.3, -0.25) is 15.0 Å². The highest BCUT2D eigenvalue weighted by atomic mass is 16.2. The Labute approximate surface area is 79.6 Å². The molecule has 2 rings (SSSR count). The molecule has 1 aliphatic heterocycles. The van der Waals surface area contributed by atoms with Crippen molar-refractivity contribution in [1.29, 1.82) is 5.41 Å². The molecule has 14 heavy (non-hydrogen) atoms. The largest absolute Gasteiger partial charge is 0.369 e. The van der Waals surface area contributed by atoms with Crippen LogP contribution in [0.15, 0.2) is 24.3 Å². The third-order valence-electron chi connectivity index (χ3n) is 2.03. The molecule has 1 aromatic rings. The van der Waals surface area contributed by atoms with Crippen LogP contribution in [0, 0.1) is 5.41 Å². The summed E-state index contributed by atoms with van der Waals surface area (Å²) in [4.78, 5) is 23.7. The highest BCUT2D eigenvalue weighted by Crippen LogP contribution is 2.21. The van der Waals surface area contributed by atoms with Gasteiger partial charge in [-0.2, -0.15) is 0 Å². The first-order valence-corrected chi connectivity index (χ1v) is 3.95. The van der Waals surface area contributed by atoms with Crippen molar-refractivity contribution in [3.8, 4) is 0 Å². The number of nitrogens with one attached hydrogen (secondary N) is 1. The molecular weight excluding hydrogens is 182 g/mol. The normalized spacial score (nSPS) is 14.4. The lowest BCUT2D eigenvalue weighted by molar-refractivity contribution is 0.0746. The summed E-state index contributed by atoms with van der Waals surface area (Å²) in [7, 11) is 0. The fourth-order valence-electron chi connectivity index (χ4n) is 1.41. The minimum Gasteiger partial charge on any atom is -0.369 e. The molecule has 1 aromatic carbocycles. The quantitative estimate of drug-likeness (QED) is 0.346. The number of imide groups is 1. The molecule has 0 spiro atoms. The van der Waals surface area contributed by atoms with E-state index in [-0.39, 0.29) is 0 Å². The summed E-state index contributed by atoms with van der Waals surface area (Å²) >= 11 is 0. The zero-order valence-electron chi connectivity index (χ0n) is 7.15. The molecule has 0 saturated heterocycles. The Kier molecular flexibility index (Phi) is 1.60. The second-order valence-corrected chi connectivity index (χ2v) is 2.88. The molecule has 2 amide bonds. The van der Waals surface area contributed by atoms with E-state index in [0.717, 1.165) is 0 Å². The number of hydrogen-bond acceptors (Lipinski definition) is 3. The summed E-state index contributed by atoms with van der Waals surface area (Å²) in [5, 5.41) is 7.09. The van der Waals surface area contributed by atoms with Gasteiger partial charge in [-0.25, -0.2) is 4.90 Å². The summed E-state index contributed by atoms with van der Waals surface area (Å²) in [6.07, 6.45) is 0. The number of benzene rings is 1. The Morgan fingerprint density at radius 3 is 1.93 bits per heavy atom. The van der Waals surface area contributed by atoms with Crippen LogP contribution >= 0.6 is 0 Å². The van der Waals surface area contributed by atoms with Crippen LogP contribution in [0.2, 0.25) is 0 Å². The fourth-order valence-corrected chi connectivity index (χ4v) is 1.41. The lowest BCUT2D eigenvalue weighted by Crippen LogP contribution is -2.40. The third-order valence-corrected chi connectivity index (χ3v) is 2.03. The number of carbonyl (C=O) groups is 2. The smallest absolute Gasteiger partial charge is 0.268 e. The van der Waals surface area contributed by atoms with Gasteiger partial charge in [-0.05, 0) is 12.1 Å². The van der Waals surface area contributed by atoms with Crippen molar-refractivity contribution in [2.24, 2.45) is 5.73 Å². The van der Waals surface area contributed by atoms with Crippen LogP contribution in [0.1, 0.15) is 20.7 Å². The zero-order valence-corrected chi connectivity index (χ0v) is 7.15. The first-order valence-electron chi connectivity index (χ1n) is 3.95. The topological polar surface area (TPSA) is 87.2 Å². The van der Waals surface area contributed by atoms with E-state index >= 15 is 0 Å². The van der Waals surface area contributed by atoms with E-state index in [1.54, 1.807) is 24.3 Å². The van der Waals surface area contributed by atoms with Crippen molar-refractivity contribution in [1.82, 2.24) is 4.90 Å². The lowest BCUT2D eigenvalue weighted by atomic mass is 10.1. The third kappa shape index (κ3) is 0.922. The second-order valence-electron chi connectivity index (χ2n) is 2.88. The maximum absolute atomic E-state index is 11.5. The first-order chi connectivity index (χ1) is 6.63. The predicted octanol–water partition coefficient (Wildman–Crippen LogP) is 0.176. The monoisotopic (exact) mass is 189 g/mol. The van der Waals surface area contributed by atoms with Gasteiger partial charge in [0, 0.05) is 0 Å². The van der Waals surface area contributed by atoms with E-state index in [1.807, 2.05) is 0 Å². The van der Waals surface area contributed by atoms with Gasteiger partial charge in [0.05, 0.1) is 11.1 Å². The van der Waals surface area contributed by atoms with Crippen LogP contribution < -0.4 is 5.73 Å². The minimum atomic E-state index is -0.545. The average Bonchev–Trinajstić information content (AvgIpc) is 2.41. The molecule has 0 aliphatic carbocycles. The molecule has 1 heterocycles. The number of nitrogens with two attached hydrogens (primary N) is 1. The summed E-state index contributed by atoms with van der Waals surface area (Å²) < 4.78 is 0. The van der Waals surface area contributed by atoms with Crippen molar-refractivity contribution >= 4 is 17.8 Å². The van der Waals surface area contributed by atoms with Gasteiger partial charge < -0.3 is 5.73 Å². The molecule has 5 nitrogen and oxygen atoms in total. The molecule has 0 fully saturated rings. The molecule has 5 heteroatoms. The van der Waals surface area contributed by atoms with Gasteiger partial charge >= 0.3 is 0 Å². The maximum atomic E-state index is 11.5. The number of hydrogen-bond donors (Lipinski definition) is 2. The van der Waals surface area contributed by atoms with Crippen LogP contribution in [0.5, 0.6) is 0 Å². The molecule has 0 saturated carbocycles. The highest BCUT2D eigenvalue weighted by molar-refractivity contribution is 6.28. The van der Waals surface area contributed by atoms with E-state index in [0.29, 0.717) is 16.0 Å². The SMILES string of the molecule is N=C(N)N1C(=O)c2ccccc2C1=O. The molecule has 0 atom stereocenters. The molecule has 0 unspecified atom stereocenters. The first kappa shape index (κ1) is 8.43. The number of carbonyl (C=O) groups excluding carboxylic acids is 2. The number of guanidine groups is 1. The zero-order chi connectivity index (χ0) is 10.3. The molecule has 0 aromatic heterocycles. The lowest BCUT2D eigenvalue weighted by Gasteiger charge is -2.09. The van der Waals surface area contributed by atoms with Gasteiger partial charge in [0.1, 0.15) is 0 Å². The van der Waals surface area contributed by atoms with Crippen LogP contribution in [-0.2, 0) is 0 Å². The number of nitrogens with zero attached hydrogens (tertiary/aromatic N) is 1. The maximum Gasteiger partial charge on any atom is 0.268 e. The van der Waals surface area contributed by atoms with Crippen molar-refractivity contribution in [2.45, 2.75) is 0 Å². The van der Waals surface area contributed by atoms with Crippen LogP contribution in [0.25, 0.3) is 0 Å². The highest BCUT2D eigenvalue weighted by Gasteiger charge is 2.36. The van der Waals surface area contributed by atoms with Crippen LogP contribution in [0.4, 0.5) is 0 Å². The van der Waals surface area contributed by atoms with Crippen molar-refractivity contribution in [3.05, 3.63) is 35.4 Å². The summed E-state index contributed by atoms with van der Waals surface area (Å²) in [6.45, 7) is 0.